The molecule has 0 N–H and O–H groups in total. The van der Waals surface area contributed by atoms with Crippen molar-refractivity contribution >= 4 is 16.6 Å². The van der Waals surface area contributed by atoms with Gasteiger partial charge in [0.2, 0.25) is 0 Å². The molecule has 3 nitrogen and oxygen atoms in total. The van der Waals surface area contributed by atoms with Crippen molar-refractivity contribution in [2.24, 2.45) is 0 Å². The van der Waals surface area contributed by atoms with Crippen LogP contribution < -0.4 is 0 Å². The minimum Gasteiger partial charge on any atom is -0.323 e. The second-order valence-electron chi connectivity index (χ2n) is 8.58. The lowest BCUT2D eigenvalue weighted by Gasteiger charge is -2.08. The summed E-state index contributed by atoms with van der Waals surface area (Å²) in [4.78, 5) is 0. The van der Waals surface area contributed by atoms with Crippen molar-refractivity contribution in [3.8, 4) is 33.4 Å². The molecule has 0 atom stereocenters. The van der Waals surface area contributed by atoms with Crippen molar-refractivity contribution in [3.05, 3.63) is 128 Å². The smallest absolute Gasteiger partial charge is 0.0456 e. The molecule has 0 aliphatic rings. The van der Waals surface area contributed by atoms with E-state index in [-0.39, 0.29) is 0 Å². The van der Waals surface area contributed by atoms with Crippen LogP contribution in [0, 0.1) is 0 Å². The van der Waals surface area contributed by atoms with E-state index in [1.165, 1.54) is 49.9 Å². The summed E-state index contributed by atoms with van der Waals surface area (Å²) in [7, 11) is 0. The summed E-state index contributed by atoms with van der Waals surface area (Å²) in [6.45, 7) is 0. The van der Waals surface area contributed by atoms with Gasteiger partial charge in [0, 0.05) is 70.4 Å². The van der Waals surface area contributed by atoms with Crippen LogP contribution in [0.15, 0.2) is 128 Å². The number of fused-ring (bicyclic) bond motifs is 3. The molecule has 7 rings (SSSR count). The number of rotatable bonds is 3. The van der Waals surface area contributed by atoms with Crippen LogP contribution in [0.4, 0.5) is 0 Å². The second-order valence-corrected chi connectivity index (χ2v) is 8.58. The van der Waals surface area contributed by atoms with Crippen molar-refractivity contribution in [1.29, 1.82) is 0 Å². The third kappa shape index (κ3) is 3.06. The van der Waals surface area contributed by atoms with Crippen molar-refractivity contribution in [3.63, 3.8) is 0 Å². The molecule has 0 amide bonds. The van der Waals surface area contributed by atoms with Gasteiger partial charge < -0.3 is 13.2 Å². The fourth-order valence-electron chi connectivity index (χ4n) is 4.77. The fourth-order valence-corrected chi connectivity index (χ4v) is 4.77. The number of nitrogens with zero attached hydrogens (tertiary/aromatic N) is 3. The highest BCUT2D eigenvalue weighted by Crippen LogP contribution is 2.35. The van der Waals surface area contributed by atoms with Gasteiger partial charge in [-0.3, -0.25) is 0 Å². The molecule has 0 aliphatic heterocycles. The normalized spacial score (nSPS) is 11.6. The first-order valence-electron chi connectivity index (χ1n) is 11.2. The topological polar surface area (TPSA) is 13.2 Å². The SMILES string of the molecule is c1ccn2cc(-c3cc(-c4cc5ccccn5c4)cc(-c4cc5ccccn5c4)c3)cc2c1. The maximum absolute atomic E-state index is 2.31. The Morgan fingerprint density at radius 3 is 0.970 bits per heavy atom. The lowest BCUT2D eigenvalue weighted by molar-refractivity contribution is 1.20. The first-order valence-corrected chi connectivity index (χ1v) is 11.2. The molecule has 0 fully saturated rings. The summed E-state index contributed by atoms with van der Waals surface area (Å²) in [5, 5.41) is 0. The van der Waals surface area contributed by atoms with Crippen molar-refractivity contribution in [1.82, 2.24) is 13.2 Å². The van der Waals surface area contributed by atoms with Crippen LogP contribution in [0.1, 0.15) is 0 Å². The summed E-state index contributed by atoms with van der Waals surface area (Å²) >= 11 is 0. The first-order chi connectivity index (χ1) is 16.3. The van der Waals surface area contributed by atoms with E-state index >= 15 is 0 Å². The minimum atomic E-state index is 1.20. The lowest BCUT2D eigenvalue weighted by atomic mass is 9.96. The highest BCUT2D eigenvalue weighted by molar-refractivity contribution is 5.84. The molecule has 0 saturated heterocycles. The van der Waals surface area contributed by atoms with Crippen LogP contribution in [0.25, 0.3) is 49.9 Å². The van der Waals surface area contributed by atoms with Crippen molar-refractivity contribution < 1.29 is 0 Å². The molecule has 0 spiro atoms. The summed E-state index contributed by atoms with van der Waals surface area (Å²) in [6, 6.07) is 32.6. The molecule has 0 aliphatic carbocycles. The highest BCUT2D eigenvalue weighted by Gasteiger charge is 2.11. The van der Waals surface area contributed by atoms with E-state index in [9.17, 15) is 0 Å². The Morgan fingerprint density at radius 1 is 0.333 bits per heavy atom. The third-order valence-corrected chi connectivity index (χ3v) is 6.45. The Balaban J connectivity index is 1.46. The monoisotopic (exact) mass is 423 g/mol. The molecule has 0 unspecified atom stereocenters. The molecular formula is C30H21N3. The zero-order valence-corrected chi connectivity index (χ0v) is 18.0. The average Bonchev–Trinajstić information content (AvgIpc) is 3.59. The van der Waals surface area contributed by atoms with Gasteiger partial charge in [0.05, 0.1) is 0 Å². The fraction of sp³-hybridized carbons (Fsp3) is 0. The Morgan fingerprint density at radius 2 is 0.667 bits per heavy atom. The van der Waals surface area contributed by atoms with Crippen molar-refractivity contribution in [2.75, 3.05) is 0 Å². The minimum absolute atomic E-state index is 1.20. The third-order valence-electron chi connectivity index (χ3n) is 6.45. The Kier molecular flexibility index (Phi) is 3.84. The van der Waals surface area contributed by atoms with Crippen LogP contribution in [0.2, 0.25) is 0 Å². The summed E-state index contributed by atoms with van der Waals surface area (Å²) in [6.07, 6.45) is 12.9. The Bertz CT molecular complexity index is 1460. The van der Waals surface area contributed by atoms with Gasteiger partial charge in [-0.05, 0) is 89.5 Å². The number of hydrogen-bond acceptors (Lipinski definition) is 0. The molecule has 1 aromatic carbocycles. The molecule has 7 aromatic rings. The standard InChI is InChI=1S/C30H21N3/c1-4-10-31-19-25(16-28(31)7-1)22-13-23(26-17-29-8-2-5-11-32(29)20-26)15-24(14-22)27-18-30-9-3-6-12-33(30)21-27/h1-21H. The van der Waals surface area contributed by atoms with Crippen LogP contribution in [-0.4, -0.2) is 13.2 Å². The van der Waals surface area contributed by atoms with E-state index in [4.69, 9.17) is 0 Å². The van der Waals surface area contributed by atoms with Gasteiger partial charge in [0.25, 0.3) is 0 Å². The van der Waals surface area contributed by atoms with Gasteiger partial charge in [-0.1, -0.05) is 18.2 Å². The van der Waals surface area contributed by atoms with Gasteiger partial charge in [0.15, 0.2) is 0 Å². The molecule has 33 heavy (non-hydrogen) atoms. The maximum atomic E-state index is 2.31. The van der Waals surface area contributed by atoms with Gasteiger partial charge in [-0.25, -0.2) is 0 Å². The predicted octanol–water partition coefficient (Wildman–Crippen LogP) is 7.45. The zero-order valence-electron chi connectivity index (χ0n) is 18.0. The van der Waals surface area contributed by atoms with Gasteiger partial charge in [0.1, 0.15) is 0 Å². The molecule has 6 aromatic heterocycles. The molecule has 156 valence electrons. The van der Waals surface area contributed by atoms with Crippen LogP contribution in [-0.2, 0) is 0 Å². The Hall–Kier alpha value is -4.50. The predicted molar refractivity (Wildman–Crippen MR) is 136 cm³/mol. The maximum Gasteiger partial charge on any atom is 0.0456 e. The van der Waals surface area contributed by atoms with E-state index in [1.54, 1.807) is 0 Å². The quantitative estimate of drug-likeness (QED) is 0.280. The number of pyridine rings is 3. The van der Waals surface area contributed by atoms with Gasteiger partial charge in [-0.2, -0.15) is 0 Å². The largest absolute Gasteiger partial charge is 0.323 e. The molecular weight excluding hydrogens is 402 g/mol. The summed E-state index contributed by atoms with van der Waals surface area (Å²) in [5.74, 6) is 0. The number of hydrogen-bond donors (Lipinski definition) is 0. The van der Waals surface area contributed by atoms with Crippen LogP contribution >= 0.6 is 0 Å². The lowest BCUT2D eigenvalue weighted by Crippen LogP contribution is -1.84. The van der Waals surface area contributed by atoms with Crippen LogP contribution in [0.5, 0.6) is 0 Å². The second kappa shape index (κ2) is 7.01. The van der Waals surface area contributed by atoms with E-state index in [2.05, 4.69) is 141 Å². The number of benzene rings is 1. The molecule has 3 heteroatoms. The molecule has 0 radical (unpaired) electrons. The highest BCUT2D eigenvalue weighted by atomic mass is 14.9. The average molecular weight is 424 g/mol. The van der Waals surface area contributed by atoms with E-state index in [1.807, 2.05) is 0 Å². The summed E-state index contributed by atoms with van der Waals surface area (Å²) in [5.41, 5.74) is 10.9. The Labute approximate surface area is 191 Å². The zero-order chi connectivity index (χ0) is 21.8. The van der Waals surface area contributed by atoms with Gasteiger partial charge >= 0.3 is 0 Å². The number of aromatic nitrogens is 3. The first kappa shape index (κ1) is 18.1. The molecule has 0 saturated carbocycles. The van der Waals surface area contributed by atoms with Gasteiger partial charge in [-0.15, -0.1) is 0 Å². The van der Waals surface area contributed by atoms with Crippen LogP contribution in [0.3, 0.4) is 0 Å². The van der Waals surface area contributed by atoms with E-state index in [0.29, 0.717) is 0 Å². The molecule has 0 bridgehead atoms. The molecule has 6 heterocycles. The van der Waals surface area contributed by atoms with E-state index in [0.717, 1.165) is 0 Å². The van der Waals surface area contributed by atoms with Crippen molar-refractivity contribution in [2.45, 2.75) is 0 Å². The summed E-state index contributed by atoms with van der Waals surface area (Å²) < 4.78 is 6.54. The van der Waals surface area contributed by atoms with E-state index < -0.39 is 0 Å².